The minimum atomic E-state index is -4.33. The number of guanidine groups is 1. The molecule has 1 saturated heterocycles. The van der Waals surface area contributed by atoms with Crippen molar-refractivity contribution < 1.29 is 17.9 Å². The lowest BCUT2D eigenvalue weighted by Gasteiger charge is -2.34. The van der Waals surface area contributed by atoms with E-state index in [2.05, 4.69) is 36.3 Å². The van der Waals surface area contributed by atoms with Crippen molar-refractivity contribution >= 4 is 5.96 Å². The first-order valence-electron chi connectivity index (χ1n) is 9.65. The number of nitrogens with one attached hydrogen (secondary N) is 2. The number of benzene rings is 1. The normalized spacial score (nSPS) is 18.0. The summed E-state index contributed by atoms with van der Waals surface area (Å²) in [6.45, 7) is 12.0. The summed E-state index contributed by atoms with van der Waals surface area (Å²) in [5, 5.41) is 6.57. The molecule has 0 saturated carbocycles. The fraction of sp³-hybridized carbons (Fsp3) is 0.650. The van der Waals surface area contributed by atoms with E-state index in [4.69, 9.17) is 9.73 Å². The number of ether oxygens (including phenoxy) is 1. The Labute approximate surface area is 165 Å². The Balaban J connectivity index is 2.24. The standard InChI is InChI=1S/C20H31F3N4O/c1-5-24-18(26-19(2,3)4)25-14-17(27-10-12-28-13-11-27)15-6-8-16(9-7-15)20(21,22)23/h6-9,17H,5,10-14H2,1-4H3,(H2,24,25,26). The van der Waals surface area contributed by atoms with E-state index in [1.165, 1.54) is 0 Å². The zero-order chi connectivity index (χ0) is 20.8. The van der Waals surface area contributed by atoms with E-state index in [9.17, 15) is 13.2 Å². The van der Waals surface area contributed by atoms with Gasteiger partial charge in [0.05, 0.1) is 31.4 Å². The van der Waals surface area contributed by atoms with Gasteiger partial charge in [-0.1, -0.05) is 12.1 Å². The molecule has 1 heterocycles. The highest BCUT2D eigenvalue weighted by molar-refractivity contribution is 5.80. The molecule has 0 spiro atoms. The summed E-state index contributed by atoms with van der Waals surface area (Å²) >= 11 is 0. The highest BCUT2D eigenvalue weighted by Crippen LogP contribution is 2.31. The van der Waals surface area contributed by atoms with Gasteiger partial charge in [0.15, 0.2) is 5.96 Å². The Hall–Kier alpha value is -1.80. The van der Waals surface area contributed by atoms with Crippen LogP contribution < -0.4 is 10.6 Å². The van der Waals surface area contributed by atoms with Gasteiger partial charge in [0, 0.05) is 25.2 Å². The van der Waals surface area contributed by atoms with Gasteiger partial charge in [0.25, 0.3) is 0 Å². The molecular weight excluding hydrogens is 369 g/mol. The van der Waals surface area contributed by atoms with Crippen molar-refractivity contribution in [3.63, 3.8) is 0 Å². The average Bonchev–Trinajstić information content (AvgIpc) is 2.61. The van der Waals surface area contributed by atoms with Crippen LogP contribution in [0.25, 0.3) is 0 Å². The highest BCUT2D eigenvalue weighted by Gasteiger charge is 2.31. The summed E-state index contributed by atoms with van der Waals surface area (Å²) in [7, 11) is 0. The molecule has 0 radical (unpaired) electrons. The van der Waals surface area contributed by atoms with Crippen molar-refractivity contribution in [2.45, 2.75) is 45.5 Å². The lowest BCUT2D eigenvalue weighted by molar-refractivity contribution is -0.137. The van der Waals surface area contributed by atoms with Gasteiger partial charge < -0.3 is 15.4 Å². The monoisotopic (exact) mass is 400 g/mol. The molecule has 1 aromatic carbocycles. The first kappa shape index (κ1) is 22.5. The quantitative estimate of drug-likeness (QED) is 0.587. The molecule has 0 aromatic heterocycles. The summed E-state index contributed by atoms with van der Waals surface area (Å²) in [6, 6.07) is 5.29. The molecule has 158 valence electrons. The van der Waals surface area contributed by atoms with Crippen LogP contribution in [0.2, 0.25) is 0 Å². The SMILES string of the molecule is CCNC(=NCC(c1ccc(C(F)(F)F)cc1)N1CCOCC1)NC(C)(C)C. The largest absolute Gasteiger partial charge is 0.416 e. The lowest BCUT2D eigenvalue weighted by atomic mass is 10.0. The van der Waals surface area contributed by atoms with Crippen molar-refractivity contribution in [2.75, 3.05) is 39.4 Å². The fourth-order valence-electron chi connectivity index (χ4n) is 3.06. The number of alkyl halides is 3. The molecule has 2 N–H and O–H groups in total. The predicted octanol–water partition coefficient (Wildman–Crippen LogP) is 3.43. The zero-order valence-electron chi connectivity index (χ0n) is 17.1. The molecule has 8 heteroatoms. The van der Waals surface area contributed by atoms with Crippen LogP contribution in [0.5, 0.6) is 0 Å². The van der Waals surface area contributed by atoms with Gasteiger partial charge in [0.1, 0.15) is 0 Å². The number of nitrogens with zero attached hydrogens (tertiary/aromatic N) is 2. The van der Waals surface area contributed by atoms with Crippen molar-refractivity contribution in [2.24, 2.45) is 4.99 Å². The number of aliphatic imine (C=N–C) groups is 1. The van der Waals surface area contributed by atoms with E-state index >= 15 is 0 Å². The van der Waals surface area contributed by atoms with Gasteiger partial charge in [0.2, 0.25) is 0 Å². The topological polar surface area (TPSA) is 48.9 Å². The third-order valence-electron chi connectivity index (χ3n) is 4.37. The fourth-order valence-corrected chi connectivity index (χ4v) is 3.06. The molecule has 1 aromatic rings. The van der Waals surface area contributed by atoms with Crippen LogP contribution in [0.4, 0.5) is 13.2 Å². The Morgan fingerprint density at radius 2 is 1.75 bits per heavy atom. The van der Waals surface area contributed by atoms with Gasteiger partial charge in [-0.15, -0.1) is 0 Å². The molecule has 5 nitrogen and oxygen atoms in total. The minimum Gasteiger partial charge on any atom is -0.379 e. The van der Waals surface area contributed by atoms with Crippen molar-refractivity contribution in [3.8, 4) is 0 Å². The smallest absolute Gasteiger partial charge is 0.379 e. The minimum absolute atomic E-state index is 0.110. The summed E-state index contributed by atoms with van der Waals surface area (Å²) in [6.07, 6.45) is -4.33. The number of halogens is 3. The molecule has 0 bridgehead atoms. The van der Waals surface area contributed by atoms with Crippen molar-refractivity contribution in [3.05, 3.63) is 35.4 Å². The second-order valence-corrected chi connectivity index (χ2v) is 7.88. The van der Waals surface area contributed by atoms with Gasteiger partial charge in [-0.25, -0.2) is 0 Å². The average molecular weight is 400 g/mol. The Morgan fingerprint density at radius 3 is 2.25 bits per heavy atom. The second-order valence-electron chi connectivity index (χ2n) is 7.88. The third kappa shape index (κ3) is 6.98. The molecule has 1 atom stereocenters. The molecule has 2 rings (SSSR count). The molecule has 1 unspecified atom stereocenters. The predicted molar refractivity (Wildman–Crippen MR) is 105 cm³/mol. The van der Waals surface area contributed by atoms with Gasteiger partial charge in [-0.05, 0) is 45.4 Å². The maximum absolute atomic E-state index is 12.9. The maximum Gasteiger partial charge on any atom is 0.416 e. The van der Waals surface area contributed by atoms with Gasteiger partial charge >= 0.3 is 6.18 Å². The molecular formula is C20H31F3N4O. The highest BCUT2D eigenvalue weighted by atomic mass is 19.4. The van der Waals surface area contributed by atoms with Crippen LogP contribution >= 0.6 is 0 Å². The van der Waals surface area contributed by atoms with E-state index in [0.717, 1.165) is 37.3 Å². The van der Waals surface area contributed by atoms with E-state index in [1.54, 1.807) is 12.1 Å². The summed E-state index contributed by atoms with van der Waals surface area (Å²) in [5.41, 5.74) is 0.0394. The van der Waals surface area contributed by atoms with E-state index in [1.807, 2.05) is 6.92 Å². The molecule has 0 amide bonds. The summed E-state index contributed by atoms with van der Waals surface area (Å²) in [5.74, 6) is 0.695. The number of morpholine rings is 1. The molecule has 1 fully saturated rings. The van der Waals surface area contributed by atoms with Gasteiger partial charge in [-0.2, -0.15) is 13.2 Å². The lowest BCUT2D eigenvalue weighted by Crippen LogP contribution is -2.48. The Morgan fingerprint density at radius 1 is 1.14 bits per heavy atom. The van der Waals surface area contributed by atoms with Gasteiger partial charge in [-0.3, -0.25) is 9.89 Å². The van der Waals surface area contributed by atoms with Crippen LogP contribution in [-0.4, -0.2) is 55.8 Å². The first-order valence-corrected chi connectivity index (χ1v) is 9.65. The molecule has 0 aliphatic carbocycles. The zero-order valence-corrected chi connectivity index (χ0v) is 17.1. The third-order valence-corrected chi connectivity index (χ3v) is 4.37. The van der Waals surface area contributed by atoms with Crippen LogP contribution in [0, 0.1) is 0 Å². The van der Waals surface area contributed by atoms with Crippen LogP contribution in [0.15, 0.2) is 29.3 Å². The van der Waals surface area contributed by atoms with E-state index in [-0.39, 0.29) is 11.6 Å². The van der Waals surface area contributed by atoms with Crippen LogP contribution in [0.1, 0.15) is 44.9 Å². The summed E-state index contributed by atoms with van der Waals surface area (Å²) in [4.78, 5) is 6.93. The molecule has 1 aliphatic rings. The Bertz CT molecular complexity index is 632. The number of hydrogen-bond donors (Lipinski definition) is 2. The maximum atomic E-state index is 12.9. The number of rotatable bonds is 5. The van der Waals surface area contributed by atoms with Crippen LogP contribution in [0.3, 0.4) is 0 Å². The Kier molecular flexibility index (Phi) is 7.71. The van der Waals surface area contributed by atoms with Crippen molar-refractivity contribution in [1.82, 2.24) is 15.5 Å². The molecule has 28 heavy (non-hydrogen) atoms. The van der Waals surface area contributed by atoms with Crippen molar-refractivity contribution in [1.29, 1.82) is 0 Å². The second kappa shape index (κ2) is 9.60. The van der Waals surface area contributed by atoms with E-state index < -0.39 is 11.7 Å². The number of hydrogen-bond acceptors (Lipinski definition) is 3. The van der Waals surface area contributed by atoms with Crippen LogP contribution in [-0.2, 0) is 10.9 Å². The molecule has 1 aliphatic heterocycles. The first-order chi connectivity index (χ1) is 13.1. The summed E-state index contributed by atoms with van der Waals surface area (Å²) < 4.78 is 44.1. The van der Waals surface area contributed by atoms with E-state index in [0.29, 0.717) is 25.7 Å².